The molecule has 4 aliphatic rings. The molecule has 4 fully saturated rings. The minimum absolute atomic E-state index is 0.0420. The van der Waals surface area contributed by atoms with Gasteiger partial charge in [-0.15, -0.1) is 0 Å². The number of carbonyl (C=O) groups is 2. The second-order valence-corrected chi connectivity index (χ2v) is 10.8. The molecule has 0 aliphatic heterocycles. The lowest BCUT2D eigenvalue weighted by Crippen LogP contribution is -2.59. The maximum atomic E-state index is 13.5. The summed E-state index contributed by atoms with van der Waals surface area (Å²) in [5.41, 5.74) is -1.01. The van der Waals surface area contributed by atoms with Crippen LogP contribution in [0.2, 0.25) is 0 Å². The molecule has 0 radical (unpaired) electrons. The molecule has 0 saturated heterocycles. The zero-order valence-corrected chi connectivity index (χ0v) is 16.8. The van der Waals surface area contributed by atoms with E-state index in [1.165, 1.54) is 26.2 Å². The summed E-state index contributed by atoms with van der Waals surface area (Å²) in [5.74, 6) is 0.918. The van der Waals surface area contributed by atoms with Gasteiger partial charge < -0.3 is 9.84 Å². The normalized spacial score (nSPS) is 49.3. The van der Waals surface area contributed by atoms with Crippen LogP contribution in [0, 0.1) is 34.0 Å². The summed E-state index contributed by atoms with van der Waals surface area (Å²) < 4.78 is 5.21. The second-order valence-electron chi connectivity index (χ2n) is 10.8. The van der Waals surface area contributed by atoms with Crippen molar-refractivity contribution in [1.82, 2.24) is 0 Å². The van der Waals surface area contributed by atoms with E-state index in [1.54, 1.807) is 0 Å². The van der Waals surface area contributed by atoms with Crippen LogP contribution in [-0.2, 0) is 14.3 Å². The van der Waals surface area contributed by atoms with E-state index in [2.05, 4.69) is 20.8 Å². The first kappa shape index (κ1) is 18.5. The quantitative estimate of drug-likeness (QED) is 0.757. The Bertz CT molecular complexity index is 640. The van der Waals surface area contributed by atoms with Crippen LogP contribution in [0.15, 0.2) is 0 Å². The molecular formula is C22H34O4. The van der Waals surface area contributed by atoms with E-state index in [4.69, 9.17) is 4.74 Å². The average Bonchev–Trinajstić information content (AvgIpc) is 2.76. The van der Waals surface area contributed by atoms with Gasteiger partial charge in [-0.3, -0.25) is 9.59 Å². The van der Waals surface area contributed by atoms with E-state index in [0.29, 0.717) is 30.5 Å². The Kier molecular flexibility index (Phi) is 3.95. The van der Waals surface area contributed by atoms with Crippen molar-refractivity contribution >= 4 is 11.8 Å². The van der Waals surface area contributed by atoms with Gasteiger partial charge in [-0.1, -0.05) is 27.2 Å². The van der Waals surface area contributed by atoms with Crippen molar-refractivity contribution in [2.75, 3.05) is 6.61 Å². The molecule has 0 aromatic carbocycles. The van der Waals surface area contributed by atoms with Gasteiger partial charge in [-0.25, -0.2) is 0 Å². The summed E-state index contributed by atoms with van der Waals surface area (Å²) in [6.45, 7) is 8.55. The second kappa shape index (κ2) is 5.56. The number of rotatable bonds is 2. The SMILES string of the molecule is CC(=O)OC[C@@]1(O)C[C@]23C[C@H]1CC[C@H]2[C@]1(C)CCCC(C)(C)[C@H]1CC3=O. The number of esters is 1. The van der Waals surface area contributed by atoms with E-state index in [0.717, 1.165) is 19.3 Å². The molecule has 4 nitrogen and oxygen atoms in total. The summed E-state index contributed by atoms with van der Waals surface area (Å²) in [6, 6.07) is 0. The first-order chi connectivity index (χ1) is 12.0. The van der Waals surface area contributed by atoms with Gasteiger partial charge in [-0.05, 0) is 67.1 Å². The third-order valence-electron chi connectivity index (χ3n) is 9.01. The maximum absolute atomic E-state index is 13.5. The molecule has 0 amide bonds. The molecule has 0 aromatic rings. The highest BCUT2D eigenvalue weighted by Crippen LogP contribution is 2.71. The zero-order chi connectivity index (χ0) is 19.0. The van der Waals surface area contributed by atoms with Gasteiger partial charge in [0.15, 0.2) is 0 Å². The molecule has 1 N–H and O–H groups in total. The molecule has 4 rings (SSSR count). The molecule has 0 heterocycles. The van der Waals surface area contributed by atoms with Crippen LogP contribution in [-0.4, -0.2) is 29.1 Å². The molecule has 26 heavy (non-hydrogen) atoms. The molecule has 0 unspecified atom stereocenters. The van der Waals surface area contributed by atoms with Gasteiger partial charge >= 0.3 is 5.97 Å². The van der Waals surface area contributed by atoms with Crippen molar-refractivity contribution in [3.8, 4) is 0 Å². The summed E-state index contributed by atoms with van der Waals surface area (Å²) >= 11 is 0. The van der Waals surface area contributed by atoms with Crippen LogP contribution in [0.1, 0.15) is 79.1 Å². The van der Waals surface area contributed by atoms with E-state index >= 15 is 0 Å². The molecular weight excluding hydrogens is 328 g/mol. The maximum Gasteiger partial charge on any atom is 0.302 e. The molecule has 1 spiro atoms. The van der Waals surface area contributed by atoms with Gasteiger partial charge in [0.25, 0.3) is 0 Å². The standard InChI is InChI=1S/C22H34O4/c1-14(23)26-13-22(25)12-21-11-15(22)6-7-16(21)20(4)9-5-8-19(2,3)17(20)10-18(21)24/h15-17,25H,5-13H2,1-4H3/t15-,16+,17-,20+,21-,22+/m1/s1. The highest BCUT2D eigenvalue weighted by Gasteiger charge is 2.70. The first-order valence-electron chi connectivity index (χ1n) is 10.4. The number of fused-ring (bicyclic) bond motifs is 3. The monoisotopic (exact) mass is 362 g/mol. The lowest BCUT2D eigenvalue weighted by atomic mass is 9.41. The van der Waals surface area contributed by atoms with Crippen molar-refractivity contribution in [2.45, 2.75) is 84.7 Å². The predicted octanol–water partition coefficient (Wildman–Crippen LogP) is 3.89. The number of carbonyl (C=O) groups excluding carboxylic acids is 2. The Balaban J connectivity index is 1.69. The minimum atomic E-state index is -1.02. The largest absolute Gasteiger partial charge is 0.463 e. The Morgan fingerprint density at radius 2 is 1.92 bits per heavy atom. The number of Topliss-reactive ketones (excluding diaryl/α,β-unsaturated/α-hetero) is 1. The van der Waals surface area contributed by atoms with Crippen LogP contribution < -0.4 is 0 Å². The minimum Gasteiger partial charge on any atom is -0.463 e. The smallest absolute Gasteiger partial charge is 0.302 e. The highest BCUT2D eigenvalue weighted by molar-refractivity contribution is 5.87. The molecule has 146 valence electrons. The molecule has 2 bridgehead atoms. The van der Waals surface area contributed by atoms with Gasteiger partial charge in [-0.2, -0.15) is 0 Å². The van der Waals surface area contributed by atoms with Crippen LogP contribution in [0.3, 0.4) is 0 Å². The fourth-order valence-electron chi connectivity index (χ4n) is 7.92. The lowest BCUT2D eigenvalue weighted by Gasteiger charge is -2.62. The fraction of sp³-hybridized carbons (Fsp3) is 0.909. The fourth-order valence-corrected chi connectivity index (χ4v) is 7.92. The first-order valence-corrected chi connectivity index (χ1v) is 10.4. The molecule has 4 heteroatoms. The van der Waals surface area contributed by atoms with E-state index in [-0.39, 0.29) is 29.3 Å². The molecule has 0 aromatic heterocycles. The van der Waals surface area contributed by atoms with Crippen molar-refractivity contribution in [1.29, 1.82) is 0 Å². The van der Waals surface area contributed by atoms with Gasteiger partial charge in [0.1, 0.15) is 18.0 Å². The van der Waals surface area contributed by atoms with Crippen molar-refractivity contribution in [3.05, 3.63) is 0 Å². The Hall–Kier alpha value is -0.900. The number of ketones is 1. The van der Waals surface area contributed by atoms with E-state index in [1.807, 2.05) is 0 Å². The van der Waals surface area contributed by atoms with E-state index in [9.17, 15) is 14.7 Å². The van der Waals surface area contributed by atoms with Gasteiger partial charge in [0.2, 0.25) is 0 Å². The Labute approximate surface area is 157 Å². The molecule has 4 saturated carbocycles. The van der Waals surface area contributed by atoms with Crippen LogP contribution in [0.4, 0.5) is 0 Å². The predicted molar refractivity (Wildman–Crippen MR) is 98.3 cm³/mol. The third kappa shape index (κ3) is 2.36. The van der Waals surface area contributed by atoms with Crippen molar-refractivity contribution in [3.63, 3.8) is 0 Å². The Morgan fingerprint density at radius 1 is 1.19 bits per heavy atom. The van der Waals surface area contributed by atoms with Crippen molar-refractivity contribution < 1.29 is 19.4 Å². The number of ether oxygens (including phenoxy) is 1. The zero-order valence-electron chi connectivity index (χ0n) is 16.8. The van der Waals surface area contributed by atoms with Crippen LogP contribution in [0.5, 0.6) is 0 Å². The number of aliphatic hydroxyl groups is 1. The Morgan fingerprint density at radius 3 is 2.62 bits per heavy atom. The molecule has 6 atom stereocenters. The van der Waals surface area contributed by atoms with Crippen molar-refractivity contribution in [2.24, 2.45) is 34.0 Å². The molecule has 4 aliphatic carbocycles. The summed E-state index contributed by atoms with van der Waals surface area (Å²) in [7, 11) is 0. The summed E-state index contributed by atoms with van der Waals surface area (Å²) in [6.07, 6.45) is 7.56. The average molecular weight is 363 g/mol. The van der Waals surface area contributed by atoms with Crippen LogP contribution in [0.25, 0.3) is 0 Å². The third-order valence-corrected chi connectivity index (χ3v) is 9.01. The lowest BCUT2D eigenvalue weighted by molar-refractivity contribution is -0.170. The highest BCUT2D eigenvalue weighted by atomic mass is 16.5. The summed E-state index contributed by atoms with van der Waals surface area (Å²) in [5, 5.41) is 11.3. The topological polar surface area (TPSA) is 63.6 Å². The van der Waals surface area contributed by atoms with Crippen LogP contribution >= 0.6 is 0 Å². The summed E-state index contributed by atoms with van der Waals surface area (Å²) in [4.78, 5) is 24.8. The van der Waals surface area contributed by atoms with E-state index < -0.39 is 11.0 Å². The van der Waals surface area contributed by atoms with Gasteiger partial charge in [0.05, 0.1) is 0 Å². The van der Waals surface area contributed by atoms with Gasteiger partial charge in [0, 0.05) is 18.8 Å². The number of hydrogen-bond acceptors (Lipinski definition) is 4. The number of hydrogen-bond donors (Lipinski definition) is 1.